The molecule has 106 valence electrons. The normalized spacial score (nSPS) is 10.8. The monoisotopic (exact) mass is 273 g/mol. The molecule has 0 spiro atoms. The van der Waals surface area contributed by atoms with E-state index in [1.807, 2.05) is 30.3 Å². The zero-order chi connectivity index (χ0) is 14.5. The van der Waals surface area contributed by atoms with Crippen LogP contribution in [0, 0.1) is 5.82 Å². The second kappa shape index (κ2) is 6.53. The summed E-state index contributed by atoms with van der Waals surface area (Å²) in [6.45, 7) is 4.90. The lowest BCUT2D eigenvalue weighted by Gasteiger charge is -2.13. The van der Waals surface area contributed by atoms with Crippen molar-refractivity contribution < 1.29 is 9.13 Å². The first-order valence-corrected chi connectivity index (χ1v) is 6.76. The molecule has 2 nitrogen and oxygen atoms in total. The topological polar surface area (TPSA) is 21.3 Å². The summed E-state index contributed by atoms with van der Waals surface area (Å²) in [5.41, 5.74) is 2.94. The Morgan fingerprint density at radius 1 is 1.15 bits per heavy atom. The highest BCUT2D eigenvalue weighted by Gasteiger charge is 2.08. The second-order valence-corrected chi connectivity index (χ2v) is 5.07. The maximum atomic E-state index is 13.6. The van der Waals surface area contributed by atoms with E-state index in [9.17, 15) is 4.39 Å². The molecule has 0 saturated carbocycles. The van der Waals surface area contributed by atoms with E-state index in [0.29, 0.717) is 12.6 Å². The quantitative estimate of drug-likeness (QED) is 0.889. The minimum Gasteiger partial charge on any atom is -0.497 e. The van der Waals surface area contributed by atoms with Gasteiger partial charge in [-0.05, 0) is 41.0 Å². The van der Waals surface area contributed by atoms with Crippen LogP contribution in [0.3, 0.4) is 0 Å². The van der Waals surface area contributed by atoms with Gasteiger partial charge in [-0.25, -0.2) is 4.39 Å². The first-order chi connectivity index (χ1) is 9.60. The highest BCUT2D eigenvalue weighted by atomic mass is 19.1. The summed E-state index contributed by atoms with van der Waals surface area (Å²) in [5.74, 6) is 0.547. The lowest BCUT2D eigenvalue weighted by Crippen LogP contribution is -2.22. The maximum absolute atomic E-state index is 13.6. The van der Waals surface area contributed by atoms with Gasteiger partial charge < -0.3 is 10.1 Å². The number of hydrogen-bond acceptors (Lipinski definition) is 2. The Kier molecular flexibility index (Phi) is 4.74. The second-order valence-electron chi connectivity index (χ2n) is 5.07. The van der Waals surface area contributed by atoms with Gasteiger partial charge in [-0.1, -0.05) is 32.0 Å². The van der Waals surface area contributed by atoms with Crippen molar-refractivity contribution in [3.8, 4) is 16.9 Å². The van der Waals surface area contributed by atoms with Gasteiger partial charge in [0.1, 0.15) is 11.6 Å². The lowest BCUT2D eigenvalue weighted by molar-refractivity contribution is 0.415. The largest absolute Gasteiger partial charge is 0.497 e. The van der Waals surface area contributed by atoms with E-state index in [2.05, 4.69) is 19.2 Å². The van der Waals surface area contributed by atoms with Crippen LogP contribution < -0.4 is 10.1 Å². The molecule has 3 heteroatoms. The Hall–Kier alpha value is -1.87. The fourth-order valence-corrected chi connectivity index (χ4v) is 2.08. The van der Waals surface area contributed by atoms with Gasteiger partial charge in [0, 0.05) is 12.6 Å². The van der Waals surface area contributed by atoms with Crippen LogP contribution in [0.15, 0.2) is 42.5 Å². The first kappa shape index (κ1) is 14.5. The molecule has 0 aliphatic heterocycles. The molecule has 0 amide bonds. The van der Waals surface area contributed by atoms with Crippen molar-refractivity contribution in [3.05, 3.63) is 53.8 Å². The zero-order valence-corrected chi connectivity index (χ0v) is 12.1. The molecule has 0 unspecified atom stereocenters. The van der Waals surface area contributed by atoms with Crippen LogP contribution in [0.2, 0.25) is 0 Å². The summed E-state index contributed by atoms with van der Waals surface area (Å²) in [5, 5.41) is 3.37. The van der Waals surface area contributed by atoms with Gasteiger partial charge >= 0.3 is 0 Å². The molecule has 2 aromatic rings. The van der Waals surface area contributed by atoms with Gasteiger partial charge in [0.25, 0.3) is 0 Å². The van der Waals surface area contributed by atoms with E-state index in [1.54, 1.807) is 13.2 Å². The van der Waals surface area contributed by atoms with Crippen molar-refractivity contribution >= 4 is 0 Å². The van der Waals surface area contributed by atoms with Crippen molar-refractivity contribution in [1.82, 2.24) is 5.32 Å². The molecule has 0 heterocycles. The highest BCUT2D eigenvalue weighted by Crippen LogP contribution is 2.27. The summed E-state index contributed by atoms with van der Waals surface area (Å²) < 4.78 is 18.8. The Balaban J connectivity index is 2.39. The minimum absolute atomic E-state index is 0.226. The predicted octanol–water partition coefficient (Wildman–Crippen LogP) is 4.00. The fourth-order valence-electron chi connectivity index (χ4n) is 2.08. The summed E-state index contributed by atoms with van der Waals surface area (Å²) in [4.78, 5) is 0. The van der Waals surface area contributed by atoms with Gasteiger partial charge in [-0.2, -0.15) is 0 Å². The molecule has 0 bridgehead atoms. The summed E-state index contributed by atoms with van der Waals surface area (Å²) >= 11 is 0. The van der Waals surface area contributed by atoms with Gasteiger partial charge in [0.05, 0.1) is 7.11 Å². The summed E-state index contributed by atoms with van der Waals surface area (Å²) in [7, 11) is 1.63. The number of rotatable bonds is 5. The van der Waals surface area contributed by atoms with Gasteiger partial charge in [-0.15, -0.1) is 0 Å². The maximum Gasteiger partial charge on any atom is 0.123 e. The van der Waals surface area contributed by atoms with Crippen molar-refractivity contribution in [2.24, 2.45) is 0 Å². The molecule has 0 aromatic heterocycles. The molecule has 0 fully saturated rings. The Morgan fingerprint density at radius 3 is 2.65 bits per heavy atom. The average Bonchev–Trinajstić information content (AvgIpc) is 2.46. The number of halogens is 1. The zero-order valence-electron chi connectivity index (χ0n) is 12.1. The van der Waals surface area contributed by atoms with Gasteiger partial charge in [-0.3, -0.25) is 0 Å². The van der Waals surface area contributed by atoms with E-state index >= 15 is 0 Å². The average molecular weight is 273 g/mol. The van der Waals surface area contributed by atoms with E-state index in [1.165, 1.54) is 6.07 Å². The third kappa shape index (κ3) is 3.58. The Morgan fingerprint density at radius 2 is 1.95 bits per heavy atom. The predicted molar refractivity (Wildman–Crippen MR) is 80.4 cm³/mol. The lowest BCUT2D eigenvalue weighted by atomic mass is 9.99. The van der Waals surface area contributed by atoms with Crippen LogP contribution in [0.4, 0.5) is 4.39 Å². The van der Waals surface area contributed by atoms with Crippen LogP contribution in [-0.2, 0) is 6.54 Å². The Bertz CT molecular complexity index is 581. The van der Waals surface area contributed by atoms with Gasteiger partial charge in [0.15, 0.2) is 0 Å². The summed E-state index contributed by atoms with van der Waals surface area (Å²) in [6.07, 6.45) is 0. The molecular weight excluding hydrogens is 253 g/mol. The van der Waals surface area contributed by atoms with Crippen molar-refractivity contribution in [3.63, 3.8) is 0 Å². The minimum atomic E-state index is -0.226. The molecule has 20 heavy (non-hydrogen) atoms. The SMILES string of the molecule is COc1cccc(-c2cc(F)ccc2CNC(C)C)c1. The Labute approximate surface area is 119 Å². The van der Waals surface area contributed by atoms with Crippen LogP contribution in [0.1, 0.15) is 19.4 Å². The van der Waals surface area contributed by atoms with Crippen LogP contribution >= 0.6 is 0 Å². The van der Waals surface area contributed by atoms with Crippen LogP contribution in [-0.4, -0.2) is 13.2 Å². The number of nitrogens with one attached hydrogen (secondary N) is 1. The molecule has 0 aliphatic carbocycles. The third-order valence-corrected chi connectivity index (χ3v) is 3.15. The van der Waals surface area contributed by atoms with Gasteiger partial charge in [0.2, 0.25) is 0 Å². The van der Waals surface area contributed by atoms with Crippen LogP contribution in [0.25, 0.3) is 11.1 Å². The molecule has 0 atom stereocenters. The smallest absolute Gasteiger partial charge is 0.123 e. The third-order valence-electron chi connectivity index (χ3n) is 3.15. The van der Waals surface area contributed by atoms with E-state index in [-0.39, 0.29) is 5.82 Å². The first-order valence-electron chi connectivity index (χ1n) is 6.76. The van der Waals surface area contributed by atoms with E-state index < -0.39 is 0 Å². The molecule has 1 N–H and O–H groups in total. The van der Waals surface area contributed by atoms with Crippen LogP contribution in [0.5, 0.6) is 5.75 Å². The fraction of sp³-hybridized carbons (Fsp3) is 0.294. The number of ether oxygens (including phenoxy) is 1. The summed E-state index contributed by atoms with van der Waals surface area (Å²) in [6, 6.07) is 13.0. The number of hydrogen-bond donors (Lipinski definition) is 1. The highest BCUT2D eigenvalue weighted by molar-refractivity contribution is 5.68. The molecule has 0 saturated heterocycles. The number of benzene rings is 2. The molecular formula is C17H20FNO. The van der Waals surface area contributed by atoms with E-state index in [0.717, 1.165) is 22.4 Å². The van der Waals surface area contributed by atoms with Crippen molar-refractivity contribution in [1.29, 1.82) is 0 Å². The van der Waals surface area contributed by atoms with Crippen molar-refractivity contribution in [2.45, 2.75) is 26.4 Å². The number of methoxy groups -OCH3 is 1. The standard InChI is InChI=1S/C17H20FNO/c1-12(2)19-11-14-7-8-15(18)10-17(14)13-5-4-6-16(9-13)20-3/h4-10,12,19H,11H2,1-3H3. The molecule has 0 aliphatic rings. The van der Waals surface area contributed by atoms with E-state index in [4.69, 9.17) is 4.74 Å². The van der Waals surface area contributed by atoms with Crippen molar-refractivity contribution in [2.75, 3.05) is 7.11 Å². The molecule has 0 radical (unpaired) electrons. The molecule has 2 aromatic carbocycles. The molecule has 2 rings (SSSR count).